The predicted molar refractivity (Wildman–Crippen MR) is 106 cm³/mol. The Balaban J connectivity index is 1.67. The third-order valence-corrected chi connectivity index (χ3v) is 4.92. The highest BCUT2D eigenvalue weighted by Crippen LogP contribution is 2.31. The van der Waals surface area contributed by atoms with Crippen LogP contribution in [-0.4, -0.2) is 16.0 Å². The molecule has 1 heterocycles. The van der Waals surface area contributed by atoms with Crippen molar-refractivity contribution in [3.63, 3.8) is 0 Å². The Bertz CT molecular complexity index is 933. The van der Waals surface area contributed by atoms with Crippen molar-refractivity contribution >= 4 is 33.8 Å². The quantitative estimate of drug-likeness (QED) is 0.611. The molecule has 1 aromatic heterocycles. The number of nitrogens with zero attached hydrogens (tertiary/aromatic N) is 1. The Hall–Kier alpha value is -2.86. The minimum absolute atomic E-state index is 0.0758. The first-order chi connectivity index (χ1) is 12.4. The number of carbonyl (C=O) groups is 1. The van der Waals surface area contributed by atoms with E-state index in [0.29, 0.717) is 10.0 Å². The number of benzene rings is 2. The summed E-state index contributed by atoms with van der Waals surface area (Å²) in [5, 5.41) is 16.6. The normalized spacial score (nSPS) is 10.6. The van der Waals surface area contributed by atoms with Gasteiger partial charge in [0.15, 0.2) is 5.13 Å². The Morgan fingerprint density at radius 2 is 1.77 bits per heavy atom. The largest absolute Gasteiger partial charge is 0.492 e. The van der Waals surface area contributed by atoms with Crippen LogP contribution in [0.5, 0.6) is 5.88 Å². The van der Waals surface area contributed by atoms with Crippen LogP contribution in [0, 0.1) is 20.8 Å². The number of hydrogen-bond acceptors (Lipinski definition) is 5. The van der Waals surface area contributed by atoms with E-state index in [4.69, 9.17) is 0 Å². The van der Waals surface area contributed by atoms with Crippen molar-refractivity contribution in [3.05, 3.63) is 64.0 Å². The number of carbonyl (C=O) groups excluding carboxylic acids is 1. The van der Waals surface area contributed by atoms with E-state index >= 15 is 0 Å². The molecule has 3 aromatic rings. The van der Waals surface area contributed by atoms with Gasteiger partial charge in [-0.1, -0.05) is 46.7 Å². The number of amides is 1. The summed E-state index contributed by atoms with van der Waals surface area (Å²) in [5.41, 5.74) is 4.99. The molecule has 0 aliphatic rings. The maximum Gasteiger partial charge on any atom is 0.229 e. The number of anilines is 3. The van der Waals surface area contributed by atoms with E-state index in [0.717, 1.165) is 22.5 Å². The minimum Gasteiger partial charge on any atom is -0.492 e. The number of aromatic nitrogens is 1. The van der Waals surface area contributed by atoms with Gasteiger partial charge < -0.3 is 15.7 Å². The van der Waals surface area contributed by atoms with Crippen molar-refractivity contribution in [2.45, 2.75) is 27.2 Å². The van der Waals surface area contributed by atoms with E-state index in [-0.39, 0.29) is 18.2 Å². The first-order valence-electron chi connectivity index (χ1n) is 8.30. The van der Waals surface area contributed by atoms with Crippen LogP contribution in [0.15, 0.2) is 42.5 Å². The molecule has 0 bridgehead atoms. The summed E-state index contributed by atoms with van der Waals surface area (Å²) >= 11 is 1.27. The topological polar surface area (TPSA) is 74.2 Å². The zero-order valence-corrected chi connectivity index (χ0v) is 15.8. The van der Waals surface area contributed by atoms with Crippen molar-refractivity contribution in [2.24, 2.45) is 0 Å². The van der Waals surface area contributed by atoms with E-state index < -0.39 is 0 Å². The number of aromatic hydroxyl groups is 1. The lowest BCUT2D eigenvalue weighted by Crippen LogP contribution is -2.14. The van der Waals surface area contributed by atoms with Crippen LogP contribution in [0.2, 0.25) is 0 Å². The van der Waals surface area contributed by atoms with Gasteiger partial charge in [0.05, 0.1) is 11.3 Å². The number of hydrogen-bond donors (Lipinski definition) is 3. The van der Waals surface area contributed by atoms with Crippen LogP contribution in [0.4, 0.5) is 16.5 Å². The fourth-order valence-electron chi connectivity index (χ4n) is 2.57. The lowest BCUT2D eigenvalue weighted by molar-refractivity contribution is -0.115. The van der Waals surface area contributed by atoms with E-state index in [1.54, 1.807) is 0 Å². The number of aryl methyl sites for hydroxylation is 3. The molecule has 0 atom stereocenters. The zero-order valence-electron chi connectivity index (χ0n) is 15.0. The van der Waals surface area contributed by atoms with Gasteiger partial charge in [-0.15, -0.1) is 0 Å². The van der Waals surface area contributed by atoms with E-state index in [9.17, 15) is 9.90 Å². The SMILES string of the molecule is Cc1ccc(Nc2nc(O)c(CC(=O)Nc3ccc(C)cc3C)s2)cc1. The van der Waals surface area contributed by atoms with Crippen LogP contribution >= 0.6 is 11.3 Å². The fraction of sp³-hybridized carbons (Fsp3) is 0.200. The standard InChI is InChI=1S/C20H21N3O2S/c1-12-4-7-15(8-5-12)21-20-23-19(25)17(26-20)11-18(24)22-16-9-6-13(2)10-14(16)3/h4-10,25H,11H2,1-3H3,(H,21,23)(H,22,24). The summed E-state index contributed by atoms with van der Waals surface area (Å²) in [6, 6.07) is 13.7. The van der Waals surface area contributed by atoms with Crippen molar-refractivity contribution in [2.75, 3.05) is 10.6 Å². The maximum atomic E-state index is 12.3. The van der Waals surface area contributed by atoms with Crippen LogP contribution in [-0.2, 0) is 11.2 Å². The van der Waals surface area contributed by atoms with Gasteiger partial charge in [-0.3, -0.25) is 4.79 Å². The average molecular weight is 367 g/mol. The second-order valence-corrected chi connectivity index (χ2v) is 7.38. The molecule has 3 N–H and O–H groups in total. The summed E-state index contributed by atoms with van der Waals surface area (Å²) in [6.07, 6.45) is 0.0758. The van der Waals surface area contributed by atoms with Gasteiger partial charge in [0.2, 0.25) is 11.8 Å². The van der Waals surface area contributed by atoms with E-state index in [2.05, 4.69) is 15.6 Å². The Morgan fingerprint density at radius 1 is 1.08 bits per heavy atom. The average Bonchev–Trinajstić information content (AvgIpc) is 2.91. The van der Waals surface area contributed by atoms with Gasteiger partial charge in [-0.2, -0.15) is 4.98 Å². The van der Waals surface area contributed by atoms with Crippen molar-refractivity contribution in [1.82, 2.24) is 4.98 Å². The zero-order chi connectivity index (χ0) is 18.7. The second kappa shape index (κ2) is 7.58. The summed E-state index contributed by atoms with van der Waals surface area (Å²) in [5.74, 6) is -0.293. The van der Waals surface area contributed by atoms with Gasteiger partial charge in [0, 0.05) is 11.4 Å². The molecule has 1 amide bonds. The highest BCUT2D eigenvalue weighted by Gasteiger charge is 2.15. The highest BCUT2D eigenvalue weighted by molar-refractivity contribution is 7.16. The third kappa shape index (κ3) is 4.40. The molecule has 0 aliphatic heterocycles. The van der Waals surface area contributed by atoms with Gasteiger partial charge >= 0.3 is 0 Å². The molecule has 3 rings (SSSR count). The van der Waals surface area contributed by atoms with Crippen LogP contribution in [0.3, 0.4) is 0 Å². The first-order valence-corrected chi connectivity index (χ1v) is 9.12. The number of rotatable bonds is 5. The molecule has 0 unspecified atom stereocenters. The van der Waals surface area contributed by atoms with Crippen LogP contribution < -0.4 is 10.6 Å². The maximum absolute atomic E-state index is 12.3. The molecule has 0 radical (unpaired) electrons. The van der Waals surface area contributed by atoms with Crippen LogP contribution in [0.1, 0.15) is 21.6 Å². The molecular formula is C20H21N3O2S. The molecule has 0 fully saturated rings. The van der Waals surface area contributed by atoms with E-state index in [1.807, 2.05) is 63.2 Å². The molecule has 0 aliphatic carbocycles. The molecule has 0 saturated carbocycles. The van der Waals surface area contributed by atoms with Crippen molar-refractivity contribution in [1.29, 1.82) is 0 Å². The fourth-order valence-corrected chi connectivity index (χ4v) is 3.44. The smallest absolute Gasteiger partial charge is 0.229 e. The molecule has 5 nitrogen and oxygen atoms in total. The van der Waals surface area contributed by atoms with E-state index in [1.165, 1.54) is 16.9 Å². The number of nitrogens with one attached hydrogen (secondary N) is 2. The Labute approximate surface area is 156 Å². The first kappa shape index (κ1) is 17.9. The Morgan fingerprint density at radius 3 is 2.46 bits per heavy atom. The van der Waals surface area contributed by atoms with Gasteiger partial charge in [-0.05, 0) is 44.5 Å². The molecule has 26 heavy (non-hydrogen) atoms. The van der Waals surface area contributed by atoms with Crippen molar-refractivity contribution < 1.29 is 9.90 Å². The number of thiazole rings is 1. The monoisotopic (exact) mass is 367 g/mol. The van der Waals surface area contributed by atoms with Crippen LogP contribution in [0.25, 0.3) is 0 Å². The lowest BCUT2D eigenvalue weighted by Gasteiger charge is -2.08. The lowest BCUT2D eigenvalue weighted by atomic mass is 10.1. The summed E-state index contributed by atoms with van der Waals surface area (Å²) in [4.78, 5) is 16.9. The van der Waals surface area contributed by atoms with Gasteiger partial charge in [-0.25, -0.2) is 0 Å². The molecular weight excluding hydrogens is 346 g/mol. The van der Waals surface area contributed by atoms with Gasteiger partial charge in [0.1, 0.15) is 0 Å². The minimum atomic E-state index is -0.183. The third-order valence-electron chi connectivity index (χ3n) is 3.96. The molecule has 134 valence electrons. The predicted octanol–water partition coefficient (Wildman–Crippen LogP) is 4.70. The second-order valence-electron chi connectivity index (χ2n) is 6.30. The highest BCUT2D eigenvalue weighted by atomic mass is 32.1. The van der Waals surface area contributed by atoms with Crippen molar-refractivity contribution in [3.8, 4) is 5.88 Å². The van der Waals surface area contributed by atoms with Gasteiger partial charge in [0.25, 0.3) is 0 Å². The molecule has 2 aromatic carbocycles. The molecule has 0 spiro atoms. The summed E-state index contributed by atoms with van der Waals surface area (Å²) in [6.45, 7) is 5.98. The molecule has 0 saturated heterocycles. The summed E-state index contributed by atoms with van der Waals surface area (Å²) < 4.78 is 0. The summed E-state index contributed by atoms with van der Waals surface area (Å²) in [7, 11) is 0. The molecule has 6 heteroatoms. The Kier molecular flexibility index (Phi) is 5.23.